The van der Waals surface area contributed by atoms with Gasteiger partial charge in [-0.05, 0) is 52.2 Å². The molecular weight excluding hydrogens is 462 g/mol. The van der Waals surface area contributed by atoms with Gasteiger partial charge in [-0.1, -0.05) is 28.1 Å². The summed E-state index contributed by atoms with van der Waals surface area (Å²) in [6, 6.07) is 8.11. The summed E-state index contributed by atoms with van der Waals surface area (Å²) in [6.07, 6.45) is 2.17. The second-order valence-corrected chi connectivity index (χ2v) is 10.1. The summed E-state index contributed by atoms with van der Waals surface area (Å²) in [4.78, 5) is 10.5. The molecule has 0 radical (unpaired) electrons. The van der Waals surface area contributed by atoms with E-state index >= 15 is 0 Å². The zero-order chi connectivity index (χ0) is 22.0. The Kier molecular flexibility index (Phi) is 7.15. The van der Waals surface area contributed by atoms with Crippen molar-refractivity contribution < 1.29 is 19.3 Å². The van der Waals surface area contributed by atoms with E-state index < -0.39 is 12.0 Å². The van der Waals surface area contributed by atoms with Crippen molar-refractivity contribution in [1.29, 1.82) is 0 Å². The first kappa shape index (κ1) is 22.9. The third kappa shape index (κ3) is 5.74. The fourth-order valence-electron chi connectivity index (χ4n) is 4.13. The van der Waals surface area contributed by atoms with Crippen LogP contribution in [0.3, 0.4) is 0 Å². The number of aromatic nitrogens is 2. The van der Waals surface area contributed by atoms with Gasteiger partial charge in [-0.15, -0.1) is 0 Å². The minimum absolute atomic E-state index is 0.0338. The van der Waals surface area contributed by atoms with Crippen LogP contribution in [-0.4, -0.2) is 58.0 Å². The molecule has 1 unspecified atom stereocenters. The number of likely N-dealkylation sites (tertiary alicyclic amines) is 1. The molecule has 0 aliphatic carbocycles. The van der Waals surface area contributed by atoms with Crippen molar-refractivity contribution in [1.82, 2.24) is 14.9 Å². The number of halogens is 1. The summed E-state index contributed by atoms with van der Waals surface area (Å²) < 4.78 is 18.4. The second-order valence-electron chi connectivity index (χ2n) is 9.14. The molecule has 0 amide bonds. The highest BCUT2D eigenvalue weighted by Crippen LogP contribution is 2.35. The highest BCUT2D eigenvalue weighted by Gasteiger charge is 2.36. The molecule has 3 heterocycles. The number of hydrogen-bond donors (Lipinski definition) is 2. The molecule has 0 bridgehead atoms. The molecule has 1 aromatic carbocycles. The third-order valence-electron chi connectivity index (χ3n) is 5.53. The summed E-state index contributed by atoms with van der Waals surface area (Å²) in [7, 11) is 0. The van der Waals surface area contributed by atoms with E-state index in [2.05, 4.69) is 33.0 Å². The molecule has 7 nitrogen and oxygen atoms in total. The summed E-state index contributed by atoms with van der Waals surface area (Å²) in [6.45, 7) is 8.03. The van der Waals surface area contributed by atoms with Crippen LogP contribution >= 0.6 is 15.9 Å². The highest BCUT2D eigenvalue weighted by molar-refractivity contribution is 9.10. The summed E-state index contributed by atoms with van der Waals surface area (Å²) in [5.74, 6) is 0.845. The number of H-pyrrole nitrogens is 1. The van der Waals surface area contributed by atoms with Crippen molar-refractivity contribution in [3.63, 3.8) is 0 Å². The number of aliphatic hydroxyl groups is 1. The van der Waals surface area contributed by atoms with Gasteiger partial charge >= 0.3 is 0 Å². The van der Waals surface area contributed by atoms with E-state index in [1.807, 2.05) is 37.8 Å². The summed E-state index contributed by atoms with van der Waals surface area (Å²) in [5, 5.41) is 10.7. The number of hydrogen-bond acceptors (Lipinski definition) is 6. The molecule has 31 heavy (non-hydrogen) atoms. The molecule has 2 atom stereocenters. The smallest absolute Gasteiger partial charge is 0.217 e. The molecule has 2 aromatic rings. The van der Waals surface area contributed by atoms with Crippen molar-refractivity contribution >= 4 is 15.9 Å². The van der Waals surface area contributed by atoms with Gasteiger partial charge < -0.3 is 24.3 Å². The number of aromatic amines is 1. The first-order chi connectivity index (χ1) is 14.8. The first-order valence-electron chi connectivity index (χ1n) is 11.0. The van der Waals surface area contributed by atoms with Gasteiger partial charge in [0.2, 0.25) is 6.41 Å². The normalized spacial score (nSPS) is 22.2. The summed E-state index contributed by atoms with van der Waals surface area (Å²) >= 11 is 3.51. The molecule has 2 saturated heterocycles. The van der Waals surface area contributed by atoms with Crippen LogP contribution in [0.25, 0.3) is 11.3 Å². The van der Waals surface area contributed by atoms with Gasteiger partial charge in [-0.2, -0.15) is 0 Å². The van der Waals surface area contributed by atoms with Gasteiger partial charge in [0.1, 0.15) is 5.82 Å². The second kappa shape index (κ2) is 9.68. The van der Waals surface area contributed by atoms with E-state index in [4.69, 9.17) is 19.2 Å². The Morgan fingerprint density at radius 3 is 2.61 bits per heavy atom. The monoisotopic (exact) mass is 493 g/mol. The van der Waals surface area contributed by atoms with Gasteiger partial charge in [-0.3, -0.25) is 0 Å². The van der Waals surface area contributed by atoms with Crippen LogP contribution in [0.4, 0.5) is 0 Å². The van der Waals surface area contributed by atoms with Gasteiger partial charge in [0.15, 0.2) is 6.29 Å². The lowest BCUT2D eigenvalue weighted by Crippen LogP contribution is -2.41. The molecule has 4 rings (SSSR count). The number of nitrogens with one attached hydrogen (secondary N) is 1. The highest BCUT2D eigenvalue weighted by atomic mass is 79.9. The Labute approximate surface area is 192 Å². The van der Waals surface area contributed by atoms with E-state index in [0.29, 0.717) is 19.6 Å². The number of benzene rings is 1. The molecular formula is C23H32BrN3O4. The van der Waals surface area contributed by atoms with Gasteiger partial charge in [0, 0.05) is 28.7 Å². The standard InChI is InChI=1S/C23H32BrN3O4/c1-23(2,3)31-22(28)27-11-4-6-18(27)21-25-17(14-19-29-12-5-13-30-19)20(26-21)15-7-9-16(24)10-8-15/h7-10,18-19,22,28H,4-6,11-14H2,1-3H3,(H,25,26)/t18-,22?/m0/s1. The number of aliphatic hydroxyl groups excluding tert-OH is 1. The average molecular weight is 494 g/mol. The molecule has 2 fully saturated rings. The van der Waals surface area contributed by atoms with Crippen molar-refractivity contribution in [2.24, 2.45) is 0 Å². The van der Waals surface area contributed by atoms with Crippen molar-refractivity contribution in [3.05, 3.63) is 40.3 Å². The maximum absolute atomic E-state index is 10.7. The van der Waals surface area contributed by atoms with E-state index in [1.54, 1.807) is 0 Å². The van der Waals surface area contributed by atoms with Crippen LogP contribution in [0.2, 0.25) is 0 Å². The third-order valence-corrected chi connectivity index (χ3v) is 6.06. The van der Waals surface area contributed by atoms with E-state index in [9.17, 15) is 5.11 Å². The molecule has 2 N–H and O–H groups in total. The largest absolute Gasteiger partial charge is 0.356 e. The predicted molar refractivity (Wildman–Crippen MR) is 121 cm³/mol. The molecule has 8 heteroatoms. The van der Waals surface area contributed by atoms with E-state index in [1.165, 1.54) is 0 Å². The molecule has 2 aliphatic rings. The Hall–Kier alpha value is -1.29. The first-order valence-corrected chi connectivity index (χ1v) is 11.8. The molecule has 0 saturated carbocycles. The zero-order valence-corrected chi connectivity index (χ0v) is 20.0. The number of imidazole rings is 1. The lowest BCUT2D eigenvalue weighted by atomic mass is 10.1. The van der Waals surface area contributed by atoms with Crippen molar-refractivity contribution in [2.45, 2.75) is 70.8 Å². The Morgan fingerprint density at radius 1 is 1.23 bits per heavy atom. The Balaban J connectivity index is 1.62. The van der Waals surface area contributed by atoms with Gasteiger partial charge in [-0.25, -0.2) is 9.88 Å². The number of rotatable bonds is 6. The minimum Gasteiger partial charge on any atom is -0.356 e. The van der Waals surface area contributed by atoms with Crippen LogP contribution in [-0.2, 0) is 20.6 Å². The average Bonchev–Trinajstić information content (AvgIpc) is 3.35. The number of ether oxygens (including phenoxy) is 3. The van der Waals surface area contributed by atoms with Crippen LogP contribution in [0, 0.1) is 0 Å². The van der Waals surface area contributed by atoms with E-state index in [0.717, 1.165) is 53.1 Å². The number of nitrogens with zero attached hydrogens (tertiary/aromatic N) is 2. The van der Waals surface area contributed by atoms with E-state index in [-0.39, 0.29) is 12.3 Å². The topological polar surface area (TPSA) is 79.8 Å². The Morgan fingerprint density at radius 2 is 1.94 bits per heavy atom. The lowest BCUT2D eigenvalue weighted by molar-refractivity contribution is -0.243. The Bertz CT molecular complexity index is 859. The fraction of sp³-hybridized carbons (Fsp3) is 0.609. The van der Waals surface area contributed by atoms with Crippen LogP contribution < -0.4 is 0 Å². The molecule has 1 aromatic heterocycles. The van der Waals surface area contributed by atoms with Gasteiger partial charge in [0.05, 0.1) is 30.6 Å². The maximum atomic E-state index is 10.7. The van der Waals surface area contributed by atoms with Crippen LogP contribution in [0.1, 0.15) is 57.6 Å². The van der Waals surface area contributed by atoms with Gasteiger partial charge in [0.25, 0.3) is 0 Å². The molecule has 170 valence electrons. The van der Waals surface area contributed by atoms with Crippen LogP contribution in [0.15, 0.2) is 28.7 Å². The SMILES string of the molecule is CC(C)(C)OC(O)N1CCC[C@H]1c1nc(-c2ccc(Br)cc2)c(CC2OCCCO2)[nH]1. The maximum Gasteiger partial charge on any atom is 0.217 e. The van der Waals surface area contributed by atoms with Crippen molar-refractivity contribution in [3.8, 4) is 11.3 Å². The van der Waals surface area contributed by atoms with Crippen LogP contribution in [0.5, 0.6) is 0 Å². The fourth-order valence-corrected chi connectivity index (χ4v) is 4.40. The van der Waals surface area contributed by atoms with Crippen molar-refractivity contribution in [2.75, 3.05) is 19.8 Å². The predicted octanol–water partition coefficient (Wildman–Crippen LogP) is 4.37. The minimum atomic E-state index is -0.970. The molecule has 2 aliphatic heterocycles. The zero-order valence-electron chi connectivity index (χ0n) is 18.4. The lowest BCUT2D eigenvalue weighted by Gasteiger charge is -2.32. The quantitative estimate of drug-likeness (QED) is 0.581. The summed E-state index contributed by atoms with van der Waals surface area (Å²) in [5.41, 5.74) is 2.49. The molecule has 0 spiro atoms.